The van der Waals surface area contributed by atoms with Gasteiger partial charge in [0.25, 0.3) is 0 Å². The minimum absolute atomic E-state index is 0.410. The van der Waals surface area contributed by atoms with E-state index in [9.17, 15) is 0 Å². The average molecular weight is 742 g/mol. The van der Waals surface area contributed by atoms with Gasteiger partial charge < -0.3 is 4.90 Å². The Morgan fingerprint density at radius 1 is 0.298 bits per heavy atom. The lowest BCUT2D eigenvalue weighted by atomic mass is 9.70. The number of thiophene rings is 1. The van der Waals surface area contributed by atoms with E-state index in [1.165, 1.54) is 86.9 Å². The molecule has 0 saturated carbocycles. The second-order valence-electron chi connectivity index (χ2n) is 15.2. The molecule has 2 aliphatic carbocycles. The number of rotatable bonds is 5. The first-order valence-corrected chi connectivity index (χ1v) is 20.5. The highest BCUT2D eigenvalue weighted by Gasteiger charge is 2.51. The number of benzene rings is 9. The highest BCUT2D eigenvalue weighted by Crippen LogP contribution is 2.63. The fourth-order valence-electron chi connectivity index (χ4n) is 9.81. The van der Waals surface area contributed by atoms with E-state index in [2.05, 4.69) is 217 Å². The van der Waals surface area contributed by atoms with Crippen LogP contribution in [-0.4, -0.2) is 0 Å². The number of fused-ring (bicyclic) bond motifs is 13. The van der Waals surface area contributed by atoms with Crippen LogP contribution >= 0.6 is 11.3 Å². The minimum atomic E-state index is -0.410. The maximum absolute atomic E-state index is 2.48. The van der Waals surface area contributed by atoms with Crippen LogP contribution in [-0.2, 0) is 5.41 Å². The predicted molar refractivity (Wildman–Crippen MR) is 241 cm³/mol. The summed E-state index contributed by atoms with van der Waals surface area (Å²) in [6, 6.07) is 78.7. The molecule has 9 aromatic carbocycles. The number of hydrogen-bond donors (Lipinski definition) is 0. The van der Waals surface area contributed by atoms with Crippen molar-refractivity contribution < 1.29 is 0 Å². The maximum atomic E-state index is 2.48. The molecule has 0 aliphatic heterocycles. The molecular formula is C55H35NS. The molecule has 1 heterocycles. The highest BCUT2D eigenvalue weighted by molar-refractivity contribution is 7.25. The van der Waals surface area contributed by atoms with Crippen LogP contribution in [0.5, 0.6) is 0 Å². The van der Waals surface area contributed by atoms with E-state index < -0.39 is 5.41 Å². The second kappa shape index (κ2) is 12.5. The highest BCUT2D eigenvalue weighted by atomic mass is 32.1. The zero-order chi connectivity index (χ0) is 37.5. The molecule has 266 valence electrons. The molecule has 0 fully saturated rings. The summed E-state index contributed by atoms with van der Waals surface area (Å²) >= 11 is 1.86. The first-order valence-electron chi connectivity index (χ1n) is 19.7. The molecule has 0 radical (unpaired) electrons. The molecule has 10 aromatic rings. The lowest BCUT2D eigenvalue weighted by Gasteiger charge is -2.32. The van der Waals surface area contributed by atoms with Gasteiger partial charge in [0.05, 0.1) is 5.41 Å². The van der Waals surface area contributed by atoms with Gasteiger partial charge in [0.2, 0.25) is 0 Å². The monoisotopic (exact) mass is 741 g/mol. The Hall–Kier alpha value is -7.00. The molecular weight excluding hydrogens is 707 g/mol. The molecule has 0 N–H and O–H groups in total. The topological polar surface area (TPSA) is 3.24 Å². The number of anilines is 3. The molecule has 0 amide bonds. The van der Waals surface area contributed by atoms with Gasteiger partial charge in [0.15, 0.2) is 0 Å². The average Bonchev–Trinajstić information content (AvgIpc) is 3.91. The van der Waals surface area contributed by atoms with Gasteiger partial charge in [-0.05, 0) is 121 Å². The summed E-state index contributed by atoms with van der Waals surface area (Å²) in [7, 11) is 0. The molecule has 0 atom stereocenters. The maximum Gasteiger partial charge on any atom is 0.0726 e. The molecule has 12 rings (SSSR count). The summed E-state index contributed by atoms with van der Waals surface area (Å²) in [6.07, 6.45) is 0. The normalized spacial score (nSPS) is 13.1. The molecule has 2 aliphatic rings. The van der Waals surface area contributed by atoms with Crippen molar-refractivity contribution in [3.8, 4) is 44.5 Å². The Kier molecular flexibility index (Phi) is 7.08. The molecule has 2 heteroatoms. The van der Waals surface area contributed by atoms with Crippen LogP contribution in [0, 0.1) is 0 Å². The smallest absolute Gasteiger partial charge is 0.0726 e. The molecule has 1 spiro atoms. The Labute approximate surface area is 336 Å². The van der Waals surface area contributed by atoms with Crippen molar-refractivity contribution in [1.29, 1.82) is 0 Å². The van der Waals surface area contributed by atoms with Gasteiger partial charge >= 0.3 is 0 Å². The Bertz CT molecular complexity index is 3110. The summed E-state index contributed by atoms with van der Waals surface area (Å²) in [5, 5.41) is 2.64. The van der Waals surface area contributed by atoms with Crippen LogP contribution in [0.25, 0.3) is 64.7 Å². The van der Waals surface area contributed by atoms with Gasteiger partial charge in [-0.2, -0.15) is 0 Å². The van der Waals surface area contributed by atoms with Crippen molar-refractivity contribution in [3.05, 3.63) is 235 Å². The quantitative estimate of drug-likeness (QED) is 0.170. The Balaban J connectivity index is 1.03. The zero-order valence-electron chi connectivity index (χ0n) is 31.1. The van der Waals surface area contributed by atoms with Crippen LogP contribution in [0.4, 0.5) is 17.1 Å². The van der Waals surface area contributed by atoms with Gasteiger partial charge in [-0.15, -0.1) is 11.3 Å². The van der Waals surface area contributed by atoms with E-state index in [0.29, 0.717) is 0 Å². The fraction of sp³-hybridized carbons (Fsp3) is 0.0182. The van der Waals surface area contributed by atoms with E-state index in [0.717, 1.165) is 17.1 Å². The molecule has 1 nitrogen and oxygen atoms in total. The van der Waals surface area contributed by atoms with Crippen LogP contribution in [0.1, 0.15) is 22.3 Å². The summed E-state index contributed by atoms with van der Waals surface area (Å²) in [6.45, 7) is 0. The number of hydrogen-bond acceptors (Lipinski definition) is 2. The van der Waals surface area contributed by atoms with Crippen LogP contribution in [0.15, 0.2) is 212 Å². The molecule has 0 saturated heterocycles. The number of nitrogens with zero attached hydrogens (tertiary/aromatic N) is 1. The molecule has 0 bridgehead atoms. The van der Waals surface area contributed by atoms with Crippen molar-refractivity contribution in [2.45, 2.75) is 5.41 Å². The van der Waals surface area contributed by atoms with E-state index in [4.69, 9.17) is 0 Å². The largest absolute Gasteiger partial charge is 0.310 e. The summed E-state index contributed by atoms with van der Waals surface area (Å²) in [5.74, 6) is 0. The van der Waals surface area contributed by atoms with Crippen LogP contribution < -0.4 is 4.90 Å². The third-order valence-electron chi connectivity index (χ3n) is 12.3. The fourth-order valence-corrected chi connectivity index (χ4v) is 10.9. The van der Waals surface area contributed by atoms with Crippen molar-refractivity contribution in [3.63, 3.8) is 0 Å². The van der Waals surface area contributed by atoms with Crippen molar-refractivity contribution in [2.75, 3.05) is 4.90 Å². The lowest BCUT2D eigenvalue weighted by Crippen LogP contribution is -2.26. The third kappa shape index (κ3) is 4.75. The van der Waals surface area contributed by atoms with Gasteiger partial charge in [-0.25, -0.2) is 0 Å². The van der Waals surface area contributed by atoms with E-state index in [1.54, 1.807) is 0 Å². The van der Waals surface area contributed by atoms with Gasteiger partial charge in [-0.1, -0.05) is 158 Å². The second-order valence-corrected chi connectivity index (χ2v) is 16.3. The van der Waals surface area contributed by atoms with Gasteiger partial charge in [0.1, 0.15) is 0 Å². The van der Waals surface area contributed by atoms with E-state index in [1.807, 2.05) is 11.3 Å². The third-order valence-corrected chi connectivity index (χ3v) is 13.5. The van der Waals surface area contributed by atoms with Crippen molar-refractivity contribution in [2.24, 2.45) is 0 Å². The van der Waals surface area contributed by atoms with Gasteiger partial charge in [0, 0.05) is 37.2 Å². The van der Waals surface area contributed by atoms with Crippen LogP contribution in [0.2, 0.25) is 0 Å². The molecule has 57 heavy (non-hydrogen) atoms. The predicted octanol–water partition coefficient (Wildman–Crippen LogP) is 15.2. The van der Waals surface area contributed by atoms with Crippen LogP contribution in [0.3, 0.4) is 0 Å². The van der Waals surface area contributed by atoms with Crippen molar-refractivity contribution in [1.82, 2.24) is 0 Å². The Morgan fingerprint density at radius 2 is 0.754 bits per heavy atom. The molecule has 1 aromatic heterocycles. The summed E-state index contributed by atoms with van der Waals surface area (Å²) in [4.78, 5) is 2.43. The van der Waals surface area contributed by atoms with E-state index >= 15 is 0 Å². The Morgan fingerprint density at radius 3 is 1.39 bits per heavy atom. The first kappa shape index (κ1) is 32.3. The minimum Gasteiger partial charge on any atom is -0.310 e. The standard InChI is InChI=1S/C55H35NS/c1-2-12-36(13-3-1)37-22-27-40(28-23-37)56(41-29-24-38(25-30-41)39-26-33-54-48(34-39)47-17-7-11-21-53(47)57-54)42-31-32-46-45-16-6-10-20-51(45)55(52(46)35-42)49-18-8-4-14-43(49)44-15-5-9-19-50(44)55/h1-35H. The van der Waals surface area contributed by atoms with E-state index in [-0.39, 0.29) is 0 Å². The lowest BCUT2D eigenvalue weighted by molar-refractivity contribution is 0.793. The summed E-state index contributed by atoms with van der Waals surface area (Å²) < 4.78 is 2.66. The zero-order valence-corrected chi connectivity index (χ0v) is 31.9. The summed E-state index contributed by atoms with van der Waals surface area (Å²) in [5.41, 5.74) is 18.4. The first-order chi connectivity index (χ1) is 28.3. The SMILES string of the molecule is c1ccc(-c2ccc(N(c3ccc(-c4ccc5sc6ccccc6c5c4)cc3)c3ccc4c(c3)C3(c5ccccc5-c5ccccc53)c3ccccc3-4)cc2)cc1. The molecule has 0 unspecified atom stereocenters. The van der Waals surface area contributed by atoms with Gasteiger partial charge in [-0.3, -0.25) is 0 Å². The van der Waals surface area contributed by atoms with Crippen molar-refractivity contribution >= 4 is 48.6 Å².